The smallest absolute Gasteiger partial charge is 0.137 e. The minimum Gasteiger partial charge on any atom is -0.390 e. The monoisotopic (exact) mass is 247 g/mol. The van der Waals surface area contributed by atoms with Crippen molar-refractivity contribution >= 4 is 5.65 Å². The van der Waals surface area contributed by atoms with Crippen LogP contribution in [0.5, 0.6) is 0 Å². The second-order valence-electron chi connectivity index (χ2n) is 4.58. The summed E-state index contributed by atoms with van der Waals surface area (Å²) in [4.78, 5) is 6.68. The van der Waals surface area contributed by atoms with Crippen LogP contribution in [0.4, 0.5) is 0 Å². The van der Waals surface area contributed by atoms with E-state index in [4.69, 9.17) is 9.84 Å². The maximum absolute atomic E-state index is 9.07. The van der Waals surface area contributed by atoms with Crippen LogP contribution >= 0.6 is 0 Å². The minimum absolute atomic E-state index is 0.0134. The summed E-state index contributed by atoms with van der Waals surface area (Å²) in [5.41, 5.74) is 2.84. The molecule has 0 atom stereocenters. The molecule has 3 heterocycles. The largest absolute Gasteiger partial charge is 0.390 e. The Hall–Kier alpha value is -1.43. The van der Waals surface area contributed by atoms with E-state index in [1.807, 2.05) is 16.7 Å². The van der Waals surface area contributed by atoms with E-state index in [0.717, 1.165) is 38.5 Å². The van der Waals surface area contributed by atoms with Crippen LogP contribution in [0.25, 0.3) is 5.65 Å². The Labute approximate surface area is 106 Å². The summed E-state index contributed by atoms with van der Waals surface area (Å²) in [5, 5.41) is 9.07. The van der Waals surface area contributed by atoms with E-state index in [0.29, 0.717) is 5.69 Å². The Morgan fingerprint density at radius 2 is 2.06 bits per heavy atom. The van der Waals surface area contributed by atoms with Crippen LogP contribution in [0.3, 0.4) is 0 Å². The molecule has 18 heavy (non-hydrogen) atoms. The number of hydrogen-bond acceptors (Lipinski definition) is 4. The van der Waals surface area contributed by atoms with Crippen molar-refractivity contribution in [1.29, 1.82) is 0 Å². The summed E-state index contributed by atoms with van der Waals surface area (Å²) in [6.45, 7) is 4.55. The molecule has 1 aliphatic rings. The Balaban J connectivity index is 1.79. The van der Waals surface area contributed by atoms with Gasteiger partial charge in [-0.1, -0.05) is 6.07 Å². The first-order valence-corrected chi connectivity index (χ1v) is 6.22. The van der Waals surface area contributed by atoms with E-state index >= 15 is 0 Å². The maximum atomic E-state index is 9.07. The molecular weight excluding hydrogens is 230 g/mol. The number of fused-ring (bicyclic) bond motifs is 1. The van der Waals surface area contributed by atoms with Gasteiger partial charge in [0, 0.05) is 32.0 Å². The second kappa shape index (κ2) is 5.06. The molecule has 1 N–H and O–H groups in total. The molecule has 0 saturated carbocycles. The highest BCUT2D eigenvalue weighted by Gasteiger charge is 2.11. The molecule has 1 aliphatic heterocycles. The summed E-state index contributed by atoms with van der Waals surface area (Å²) in [6.07, 6.45) is 3.95. The number of nitrogens with zero attached hydrogens (tertiary/aromatic N) is 3. The van der Waals surface area contributed by atoms with E-state index in [-0.39, 0.29) is 6.61 Å². The first-order chi connectivity index (χ1) is 8.85. The number of aliphatic hydroxyl groups excluding tert-OH is 1. The highest BCUT2D eigenvalue weighted by molar-refractivity contribution is 5.41. The molecular formula is C13H17N3O2. The van der Waals surface area contributed by atoms with Crippen LogP contribution < -0.4 is 0 Å². The lowest BCUT2D eigenvalue weighted by atomic mass is 10.2. The third-order valence-electron chi connectivity index (χ3n) is 3.23. The van der Waals surface area contributed by atoms with Gasteiger partial charge in [-0.3, -0.25) is 4.90 Å². The van der Waals surface area contributed by atoms with Crippen molar-refractivity contribution < 1.29 is 9.84 Å². The number of aliphatic hydroxyl groups is 1. The van der Waals surface area contributed by atoms with Gasteiger partial charge in [-0.2, -0.15) is 0 Å². The fraction of sp³-hybridized carbons (Fsp3) is 0.462. The van der Waals surface area contributed by atoms with Crippen LogP contribution in [0, 0.1) is 0 Å². The summed E-state index contributed by atoms with van der Waals surface area (Å²) >= 11 is 0. The van der Waals surface area contributed by atoms with Gasteiger partial charge in [-0.05, 0) is 11.6 Å². The molecule has 0 unspecified atom stereocenters. The van der Waals surface area contributed by atoms with Gasteiger partial charge >= 0.3 is 0 Å². The summed E-state index contributed by atoms with van der Waals surface area (Å²) in [6, 6.07) is 4.09. The Morgan fingerprint density at radius 1 is 1.22 bits per heavy atom. The van der Waals surface area contributed by atoms with Gasteiger partial charge in [0.1, 0.15) is 5.65 Å². The SMILES string of the molecule is OCc1cn2cc(CN3CCOCC3)ccc2n1. The van der Waals surface area contributed by atoms with Gasteiger partial charge in [0.15, 0.2) is 0 Å². The maximum Gasteiger partial charge on any atom is 0.137 e. The molecule has 0 aliphatic carbocycles. The topological polar surface area (TPSA) is 50.0 Å². The predicted octanol–water partition coefficient (Wildman–Crippen LogP) is 0.659. The summed E-state index contributed by atoms with van der Waals surface area (Å²) in [7, 11) is 0. The highest BCUT2D eigenvalue weighted by Crippen LogP contribution is 2.11. The molecule has 1 saturated heterocycles. The lowest BCUT2D eigenvalue weighted by Crippen LogP contribution is -2.35. The summed E-state index contributed by atoms with van der Waals surface area (Å²) in [5.74, 6) is 0. The molecule has 2 aromatic heterocycles. The van der Waals surface area contributed by atoms with E-state index in [1.165, 1.54) is 5.56 Å². The van der Waals surface area contributed by atoms with E-state index in [1.54, 1.807) is 0 Å². The molecule has 2 aromatic rings. The molecule has 3 rings (SSSR count). The molecule has 0 bridgehead atoms. The highest BCUT2D eigenvalue weighted by atomic mass is 16.5. The fourth-order valence-electron chi connectivity index (χ4n) is 2.28. The Morgan fingerprint density at radius 3 is 2.83 bits per heavy atom. The standard InChI is InChI=1S/C13H17N3O2/c17-10-12-9-16-8-11(1-2-13(16)14-12)7-15-3-5-18-6-4-15/h1-2,8-9,17H,3-7,10H2. The predicted molar refractivity (Wildman–Crippen MR) is 67.2 cm³/mol. The van der Waals surface area contributed by atoms with Crippen molar-refractivity contribution in [2.24, 2.45) is 0 Å². The van der Waals surface area contributed by atoms with Gasteiger partial charge in [-0.25, -0.2) is 4.98 Å². The summed E-state index contributed by atoms with van der Waals surface area (Å²) < 4.78 is 7.31. The number of aromatic nitrogens is 2. The molecule has 96 valence electrons. The average Bonchev–Trinajstić information content (AvgIpc) is 2.82. The molecule has 1 fully saturated rings. The van der Waals surface area contributed by atoms with Gasteiger partial charge in [0.2, 0.25) is 0 Å². The number of morpholine rings is 1. The van der Waals surface area contributed by atoms with Crippen LogP contribution in [-0.4, -0.2) is 45.7 Å². The van der Waals surface area contributed by atoms with Crippen LogP contribution in [0.2, 0.25) is 0 Å². The first kappa shape index (κ1) is 11.6. The minimum atomic E-state index is -0.0134. The van der Waals surface area contributed by atoms with Crippen molar-refractivity contribution in [3.8, 4) is 0 Å². The van der Waals surface area contributed by atoms with Crippen LogP contribution in [0.15, 0.2) is 24.5 Å². The van der Waals surface area contributed by atoms with Crippen molar-refractivity contribution in [3.63, 3.8) is 0 Å². The van der Waals surface area contributed by atoms with E-state index in [2.05, 4.69) is 22.1 Å². The van der Waals surface area contributed by atoms with Crippen molar-refractivity contribution in [3.05, 3.63) is 35.8 Å². The third kappa shape index (κ3) is 2.38. The molecule has 0 aromatic carbocycles. The van der Waals surface area contributed by atoms with Crippen LogP contribution in [0.1, 0.15) is 11.3 Å². The van der Waals surface area contributed by atoms with Gasteiger partial charge < -0.3 is 14.2 Å². The third-order valence-corrected chi connectivity index (χ3v) is 3.23. The normalized spacial score (nSPS) is 17.4. The molecule has 5 nitrogen and oxygen atoms in total. The lowest BCUT2D eigenvalue weighted by molar-refractivity contribution is 0.0341. The van der Waals surface area contributed by atoms with Crippen molar-refractivity contribution in [2.75, 3.05) is 26.3 Å². The zero-order chi connectivity index (χ0) is 12.4. The van der Waals surface area contributed by atoms with Gasteiger partial charge in [0.25, 0.3) is 0 Å². The van der Waals surface area contributed by atoms with E-state index in [9.17, 15) is 0 Å². The Kier molecular flexibility index (Phi) is 3.27. The Bertz CT molecular complexity index is 532. The molecule has 0 radical (unpaired) electrons. The quantitative estimate of drug-likeness (QED) is 0.865. The number of hydrogen-bond donors (Lipinski definition) is 1. The molecule has 5 heteroatoms. The molecule has 0 spiro atoms. The van der Waals surface area contributed by atoms with E-state index < -0.39 is 0 Å². The average molecular weight is 247 g/mol. The molecule has 0 amide bonds. The lowest BCUT2D eigenvalue weighted by Gasteiger charge is -2.26. The second-order valence-corrected chi connectivity index (χ2v) is 4.58. The number of imidazole rings is 1. The first-order valence-electron chi connectivity index (χ1n) is 6.22. The number of ether oxygens (including phenoxy) is 1. The number of pyridine rings is 1. The fourth-order valence-corrected chi connectivity index (χ4v) is 2.28. The van der Waals surface area contributed by atoms with Gasteiger partial charge in [0.05, 0.1) is 25.5 Å². The van der Waals surface area contributed by atoms with Crippen molar-refractivity contribution in [2.45, 2.75) is 13.2 Å². The van der Waals surface area contributed by atoms with Crippen LogP contribution in [-0.2, 0) is 17.9 Å². The number of rotatable bonds is 3. The van der Waals surface area contributed by atoms with Gasteiger partial charge in [-0.15, -0.1) is 0 Å². The zero-order valence-electron chi connectivity index (χ0n) is 10.2. The zero-order valence-corrected chi connectivity index (χ0v) is 10.2. The van der Waals surface area contributed by atoms with Crippen molar-refractivity contribution in [1.82, 2.24) is 14.3 Å².